The zero-order chi connectivity index (χ0) is 27.8. The van der Waals surface area contributed by atoms with Crippen LogP contribution in [0, 0.1) is 28.9 Å². The number of nitriles is 1. The van der Waals surface area contributed by atoms with E-state index in [4.69, 9.17) is 28.3 Å². The summed E-state index contributed by atoms with van der Waals surface area (Å²) in [7, 11) is 0. The number of aliphatic hydroxyl groups is 3. The van der Waals surface area contributed by atoms with E-state index in [-0.39, 0.29) is 40.1 Å². The van der Waals surface area contributed by atoms with Gasteiger partial charge in [-0.1, -0.05) is 41.4 Å². The van der Waals surface area contributed by atoms with Crippen LogP contribution >= 0.6 is 23.2 Å². The molecule has 7 nitrogen and oxygen atoms in total. The monoisotopic (exact) mass is 567 g/mol. The van der Waals surface area contributed by atoms with E-state index < -0.39 is 59.3 Å². The molecule has 2 aromatic carbocycles. The molecule has 1 aliphatic heterocycles. The first-order valence-electron chi connectivity index (χ1n) is 12.3. The Bertz CT molecular complexity index is 1250. The zero-order valence-electron chi connectivity index (χ0n) is 20.6. The predicted octanol–water partition coefficient (Wildman–Crippen LogP) is 3.18. The van der Waals surface area contributed by atoms with Crippen molar-refractivity contribution in [1.29, 1.82) is 5.26 Å². The normalized spacial score (nSPS) is 27.4. The Morgan fingerprint density at radius 2 is 2.03 bits per heavy atom. The number of nitrogens with one attached hydrogen (secondary N) is 2. The summed E-state index contributed by atoms with van der Waals surface area (Å²) in [6.07, 6.45) is 0.325. The molecule has 4 rings (SSSR count). The number of carbonyl (C=O) groups excluding carboxylic acids is 1. The molecule has 1 unspecified atom stereocenters. The largest absolute Gasteiger partial charge is 0.394 e. The van der Waals surface area contributed by atoms with Crippen LogP contribution in [-0.2, 0) is 10.2 Å². The van der Waals surface area contributed by atoms with E-state index in [1.807, 2.05) is 0 Å². The number of hydrogen-bond acceptors (Lipinski definition) is 6. The van der Waals surface area contributed by atoms with Gasteiger partial charge in [-0.3, -0.25) is 10.1 Å². The van der Waals surface area contributed by atoms with E-state index in [0.717, 1.165) is 6.07 Å². The number of benzene rings is 2. The minimum atomic E-state index is -1.96. The number of rotatable bonds is 9. The molecule has 6 atom stereocenters. The molecule has 1 amide bonds. The third-order valence-electron chi connectivity index (χ3n) is 7.76. The molecule has 0 bridgehead atoms. The Kier molecular flexibility index (Phi) is 8.34. The van der Waals surface area contributed by atoms with Crippen LogP contribution < -0.4 is 10.6 Å². The van der Waals surface area contributed by atoms with Crippen molar-refractivity contribution in [2.24, 2.45) is 5.92 Å². The number of hydrogen-bond donors (Lipinski definition) is 5. The first kappa shape index (κ1) is 28.7. The third-order valence-corrected chi connectivity index (χ3v) is 8.29. The van der Waals surface area contributed by atoms with Gasteiger partial charge >= 0.3 is 0 Å². The van der Waals surface area contributed by atoms with E-state index in [1.54, 1.807) is 0 Å². The van der Waals surface area contributed by atoms with Crippen LogP contribution in [-0.4, -0.2) is 58.2 Å². The number of aliphatic hydroxyl groups excluding tert-OH is 2. The smallest absolute Gasteiger partial charge is 0.237 e. The fourth-order valence-electron chi connectivity index (χ4n) is 5.70. The molecule has 0 aromatic heterocycles. The Morgan fingerprint density at radius 3 is 2.63 bits per heavy atom. The number of amides is 1. The van der Waals surface area contributed by atoms with Crippen molar-refractivity contribution >= 4 is 29.1 Å². The topological polar surface area (TPSA) is 126 Å². The van der Waals surface area contributed by atoms with E-state index in [1.165, 1.54) is 37.3 Å². The van der Waals surface area contributed by atoms with Crippen LogP contribution in [0.2, 0.25) is 10.0 Å². The van der Waals surface area contributed by atoms with Crippen LogP contribution in [0.4, 0.5) is 8.78 Å². The highest BCUT2D eigenvalue weighted by Crippen LogP contribution is 2.56. The van der Waals surface area contributed by atoms with E-state index in [2.05, 4.69) is 16.7 Å². The molecule has 1 heterocycles. The summed E-state index contributed by atoms with van der Waals surface area (Å²) in [5, 5.41) is 46.8. The van der Waals surface area contributed by atoms with Gasteiger partial charge in [-0.05, 0) is 55.9 Å². The van der Waals surface area contributed by atoms with Gasteiger partial charge in [0, 0.05) is 23.0 Å². The summed E-state index contributed by atoms with van der Waals surface area (Å²) in [5.41, 5.74) is -3.76. The van der Waals surface area contributed by atoms with Crippen molar-refractivity contribution in [3.05, 3.63) is 69.2 Å². The van der Waals surface area contributed by atoms with Gasteiger partial charge in [-0.15, -0.1) is 0 Å². The van der Waals surface area contributed by atoms with Gasteiger partial charge in [-0.2, -0.15) is 5.26 Å². The minimum Gasteiger partial charge on any atom is -0.394 e. The third kappa shape index (κ3) is 5.02. The maximum atomic E-state index is 15.6. The molecule has 2 aliphatic rings. The van der Waals surface area contributed by atoms with Crippen LogP contribution in [0.1, 0.15) is 43.2 Å². The van der Waals surface area contributed by atoms with Gasteiger partial charge in [0.05, 0.1) is 41.5 Å². The van der Waals surface area contributed by atoms with Crippen molar-refractivity contribution in [1.82, 2.24) is 10.6 Å². The van der Waals surface area contributed by atoms with Gasteiger partial charge in [0.1, 0.15) is 17.0 Å². The SMILES string of the molecule is CC(O)(C1CC1)[C@H]1N[C@@H](C(=O)NCC[C@H](O)CO)[C@H](c2cccc(Cl)c2F)[C@@]1(C#N)c1ccc(Cl)cc1F. The second-order valence-corrected chi connectivity index (χ2v) is 11.1. The highest BCUT2D eigenvalue weighted by molar-refractivity contribution is 6.31. The lowest BCUT2D eigenvalue weighted by atomic mass is 9.61. The lowest BCUT2D eigenvalue weighted by molar-refractivity contribution is -0.123. The molecule has 38 heavy (non-hydrogen) atoms. The van der Waals surface area contributed by atoms with Gasteiger partial charge in [-0.25, -0.2) is 8.78 Å². The maximum Gasteiger partial charge on any atom is 0.237 e. The average molecular weight is 568 g/mol. The van der Waals surface area contributed by atoms with Crippen molar-refractivity contribution in [2.75, 3.05) is 13.2 Å². The fourth-order valence-corrected chi connectivity index (χ4v) is 6.04. The number of nitrogens with zero attached hydrogens (tertiary/aromatic N) is 1. The second kappa shape index (κ2) is 11.0. The van der Waals surface area contributed by atoms with Crippen LogP contribution in [0.5, 0.6) is 0 Å². The molecule has 1 saturated heterocycles. The van der Waals surface area contributed by atoms with Crippen molar-refractivity contribution in [2.45, 2.75) is 61.3 Å². The summed E-state index contributed by atoms with van der Waals surface area (Å²) >= 11 is 12.1. The van der Waals surface area contributed by atoms with Gasteiger partial charge in [0.2, 0.25) is 5.91 Å². The van der Waals surface area contributed by atoms with Crippen LogP contribution in [0.3, 0.4) is 0 Å². The van der Waals surface area contributed by atoms with Crippen LogP contribution in [0.25, 0.3) is 0 Å². The Labute approximate surface area is 229 Å². The van der Waals surface area contributed by atoms with Gasteiger partial charge < -0.3 is 20.6 Å². The molecule has 2 fully saturated rings. The highest BCUT2D eigenvalue weighted by atomic mass is 35.5. The number of carbonyl (C=O) groups is 1. The molecular weight excluding hydrogens is 539 g/mol. The van der Waals surface area contributed by atoms with Crippen molar-refractivity contribution in [3.8, 4) is 6.07 Å². The van der Waals surface area contributed by atoms with E-state index in [9.17, 15) is 20.3 Å². The molecule has 1 aliphatic carbocycles. The van der Waals surface area contributed by atoms with Crippen molar-refractivity contribution in [3.63, 3.8) is 0 Å². The molecular formula is C27H29Cl2F2N3O4. The molecule has 204 valence electrons. The summed E-state index contributed by atoms with van der Waals surface area (Å²) in [6.45, 7) is 1.02. The zero-order valence-corrected chi connectivity index (χ0v) is 22.1. The van der Waals surface area contributed by atoms with Crippen LogP contribution in [0.15, 0.2) is 36.4 Å². The quantitative estimate of drug-likeness (QED) is 0.317. The number of halogens is 4. The summed E-state index contributed by atoms with van der Waals surface area (Å²) in [6, 6.07) is 7.65. The maximum absolute atomic E-state index is 15.6. The first-order chi connectivity index (χ1) is 18.0. The second-order valence-electron chi connectivity index (χ2n) is 10.2. The Hall–Kier alpha value is -2.32. The summed E-state index contributed by atoms with van der Waals surface area (Å²) in [5.74, 6) is -3.90. The fraction of sp³-hybridized carbons (Fsp3) is 0.481. The standard InChI is InChI=1S/C27H29Cl2F2N3O4/c1-26(38,14-5-6-14)25-27(13-32,18-8-7-15(28)11-20(18)30)21(17-3-2-4-19(29)22(17)31)23(34-25)24(37)33-10-9-16(36)12-35/h2-4,7-8,11,14,16,21,23,25,34-36,38H,5-6,9-10,12H2,1H3,(H,33,37)/t16-,21-,23+,25+,26?,27+/m0/s1. The molecule has 1 saturated carbocycles. The Morgan fingerprint density at radius 1 is 1.32 bits per heavy atom. The van der Waals surface area contributed by atoms with Gasteiger partial charge in [0.15, 0.2) is 0 Å². The molecule has 0 spiro atoms. The van der Waals surface area contributed by atoms with E-state index in [0.29, 0.717) is 12.8 Å². The van der Waals surface area contributed by atoms with E-state index >= 15 is 8.78 Å². The molecule has 0 radical (unpaired) electrons. The average Bonchev–Trinajstić information content (AvgIpc) is 3.68. The van der Waals surface area contributed by atoms with Gasteiger partial charge in [0.25, 0.3) is 0 Å². The highest BCUT2D eigenvalue weighted by Gasteiger charge is 2.67. The predicted molar refractivity (Wildman–Crippen MR) is 138 cm³/mol. The molecule has 11 heteroatoms. The summed E-state index contributed by atoms with van der Waals surface area (Å²) < 4.78 is 31.2. The Balaban J connectivity index is 1.93. The van der Waals surface area contributed by atoms with Crippen molar-refractivity contribution < 1.29 is 28.9 Å². The molecule has 5 N–H and O–H groups in total. The first-order valence-corrected chi connectivity index (χ1v) is 13.1. The minimum absolute atomic E-state index is 0.0258. The summed E-state index contributed by atoms with van der Waals surface area (Å²) in [4.78, 5) is 13.5. The molecule has 2 aromatic rings. The lowest BCUT2D eigenvalue weighted by Crippen LogP contribution is -2.58. The lowest BCUT2D eigenvalue weighted by Gasteiger charge is -2.41.